The maximum Gasteiger partial charge on any atom is 0.311 e. The van der Waals surface area contributed by atoms with Crippen molar-refractivity contribution in [2.45, 2.75) is 103 Å². The highest BCUT2D eigenvalue weighted by Gasteiger charge is 2.29. The van der Waals surface area contributed by atoms with E-state index in [1.54, 1.807) is 62.3 Å². The number of carboxylic acids is 1. The van der Waals surface area contributed by atoms with Crippen LogP contribution in [0.3, 0.4) is 0 Å². The lowest BCUT2D eigenvalue weighted by Gasteiger charge is -2.20. The number of aliphatic carboxylic acids is 1. The lowest BCUT2D eigenvalue weighted by molar-refractivity contribution is -0.316. The molecule has 1 aliphatic rings. The van der Waals surface area contributed by atoms with Gasteiger partial charge in [-0.05, 0) is 62.3 Å². The first kappa shape index (κ1) is 39.3. The van der Waals surface area contributed by atoms with Crippen molar-refractivity contribution in [3.63, 3.8) is 0 Å². The lowest BCUT2D eigenvalue weighted by atomic mass is 9.97. The summed E-state index contributed by atoms with van der Waals surface area (Å²) in [5, 5.41) is 19.4. The first-order valence-corrected chi connectivity index (χ1v) is 11.9. The van der Waals surface area contributed by atoms with E-state index in [1.165, 1.54) is 0 Å². The van der Waals surface area contributed by atoms with Gasteiger partial charge in [0.1, 0.15) is 32.0 Å². The summed E-state index contributed by atoms with van der Waals surface area (Å²) in [4.78, 5) is 43.9. The van der Waals surface area contributed by atoms with Crippen molar-refractivity contribution in [1.82, 2.24) is 0 Å². The second-order valence-corrected chi connectivity index (χ2v) is 12.7. The van der Waals surface area contributed by atoms with Crippen molar-refractivity contribution in [2.75, 3.05) is 26.4 Å². The van der Waals surface area contributed by atoms with E-state index in [9.17, 15) is 29.4 Å². The van der Waals surface area contributed by atoms with Crippen LogP contribution in [0.2, 0.25) is 0 Å². The predicted octanol–water partition coefficient (Wildman–Crippen LogP) is 2.92. The molecule has 37 heavy (non-hydrogen) atoms. The van der Waals surface area contributed by atoms with Crippen LogP contribution in [0.4, 0.5) is 0 Å². The van der Waals surface area contributed by atoms with E-state index in [4.69, 9.17) is 18.9 Å². The van der Waals surface area contributed by atoms with Crippen LogP contribution in [0.15, 0.2) is 0 Å². The molecule has 0 amide bonds. The van der Waals surface area contributed by atoms with Crippen LogP contribution in [0.1, 0.15) is 90.5 Å². The number of aliphatic hydroxyl groups is 1. The summed E-state index contributed by atoms with van der Waals surface area (Å²) in [6, 6.07) is 0. The zero-order valence-corrected chi connectivity index (χ0v) is 24.1. The van der Waals surface area contributed by atoms with Crippen molar-refractivity contribution >= 4 is 23.9 Å². The Bertz CT molecular complexity index is 681. The molecule has 1 N–H and O–H groups in total. The molecule has 0 radical (unpaired) electrons. The van der Waals surface area contributed by atoms with E-state index in [0.29, 0.717) is 6.61 Å². The zero-order valence-electron chi connectivity index (χ0n) is 24.1. The van der Waals surface area contributed by atoms with Crippen molar-refractivity contribution in [3.05, 3.63) is 0 Å². The maximum absolute atomic E-state index is 11.4. The van der Waals surface area contributed by atoms with Crippen LogP contribution >= 0.6 is 0 Å². The van der Waals surface area contributed by atoms with Crippen LogP contribution in [0.5, 0.6) is 0 Å². The predicted molar refractivity (Wildman–Crippen MR) is 138 cm³/mol. The molecule has 1 fully saturated rings. The normalized spacial score (nSPS) is 15.0. The largest absolute Gasteiger partial charge is 0.550 e. The first-order chi connectivity index (χ1) is 15.9. The van der Waals surface area contributed by atoms with Crippen LogP contribution < -0.4 is 5.11 Å². The monoisotopic (exact) mass is 535 g/mol. The van der Waals surface area contributed by atoms with E-state index in [0.717, 1.165) is 6.61 Å². The standard InChI is InChI=1S/C13H24O5.C8H14O3.C5H10O2.CH4/c1-12(2,3)10(15)17-7-9(14)8-18-11(16)13(4,5)6;1-8(2,3)7(9)11-5-6-4-10-6;1-5(2,3)4(6)7;/h9,14H,7-8H2,1-6H3;6H,4-5H2,1-3H3;1-3H3,(H,6,7);1H4/p-1. The molecular weight excluding hydrogens is 484 g/mol. The number of carboxylic acid groups (broad SMARTS) is 1. The minimum Gasteiger partial charge on any atom is -0.550 e. The van der Waals surface area contributed by atoms with Crippen molar-refractivity contribution in [2.24, 2.45) is 21.7 Å². The van der Waals surface area contributed by atoms with E-state index < -0.39 is 45.7 Å². The number of esters is 3. The average Bonchev–Trinajstić information content (AvgIpc) is 3.50. The Balaban J connectivity index is -0.000000516. The van der Waals surface area contributed by atoms with E-state index >= 15 is 0 Å². The van der Waals surface area contributed by atoms with Crippen molar-refractivity contribution in [3.8, 4) is 0 Å². The highest BCUT2D eigenvalue weighted by Crippen LogP contribution is 2.18. The molecule has 1 atom stereocenters. The first-order valence-electron chi connectivity index (χ1n) is 11.9. The minimum absolute atomic E-state index is 0. The second kappa shape index (κ2) is 15.9. The summed E-state index contributed by atoms with van der Waals surface area (Å²) in [5.74, 6) is -1.96. The third-order valence-electron chi connectivity index (χ3n) is 4.07. The topological polar surface area (TPSA) is 152 Å². The van der Waals surface area contributed by atoms with Gasteiger partial charge in [-0.3, -0.25) is 14.4 Å². The molecule has 1 saturated heterocycles. The molecule has 1 unspecified atom stereocenters. The Morgan fingerprint density at radius 2 is 1.00 bits per heavy atom. The van der Waals surface area contributed by atoms with Gasteiger partial charge in [0.2, 0.25) is 0 Å². The number of carbonyl (C=O) groups excluding carboxylic acids is 4. The summed E-state index contributed by atoms with van der Waals surface area (Å²) in [7, 11) is 0. The SMILES string of the molecule is C.CC(C)(C)C(=O)OCC(O)COC(=O)C(C)(C)C.CC(C)(C)C(=O)OCC1CO1.CC(C)(C)C(=O)[O-]. The van der Waals surface area contributed by atoms with Gasteiger partial charge < -0.3 is 34.0 Å². The van der Waals surface area contributed by atoms with Gasteiger partial charge in [0, 0.05) is 11.4 Å². The summed E-state index contributed by atoms with van der Waals surface area (Å²) >= 11 is 0. The Morgan fingerprint density at radius 1 is 0.730 bits per heavy atom. The van der Waals surface area contributed by atoms with Gasteiger partial charge in [0.05, 0.1) is 22.9 Å². The molecular formula is C27H51O10-. The lowest BCUT2D eigenvalue weighted by Crippen LogP contribution is -2.35. The molecule has 1 rings (SSSR count). The maximum atomic E-state index is 11.4. The van der Waals surface area contributed by atoms with Crippen LogP contribution in [0.25, 0.3) is 0 Å². The number of rotatable bonds is 6. The highest BCUT2D eigenvalue weighted by atomic mass is 16.6. The molecule has 0 aromatic heterocycles. The molecule has 0 aromatic rings. The second-order valence-electron chi connectivity index (χ2n) is 12.7. The van der Waals surface area contributed by atoms with Crippen LogP contribution in [0, 0.1) is 21.7 Å². The van der Waals surface area contributed by atoms with Gasteiger partial charge in [0.15, 0.2) is 0 Å². The number of ether oxygens (including phenoxy) is 4. The number of epoxide rings is 1. The molecule has 0 aliphatic carbocycles. The highest BCUT2D eigenvalue weighted by molar-refractivity contribution is 5.76. The van der Waals surface area contributed by atoms with Gasteiger partial charge in [0.25, 0.3) is 0 Å². The van der Waals surface area contributed by atoms with Crippen molar-refractivity contribution < 1.29 is 48.3 Å². The molecule has 10 heteroatoms. The van der Waals surface area contributed by atoms with Gasteiger partial charge in [-0.2, -0.15) is 0 Å². The molecule has 220 valence electrons. The van der Waals surface area contributed by atoms with Crippen molar-refractivity contribution in [1.29, 1.82) is 0 Å². The fourth-order valence-corrected chi connectivity index (χ4v) is 1.37. The Hall–Kier alpha value is -2.20. The minimum atomic E-state index is -1.01. The summed E-state index contributed by atoms with van der Waals surface area (Å²) in [6.45, 7) is 21.4. The number of aliphatic hydroxyl groups excluding tert-OH is 1. The molecule has 1 heterocycles. The Labute approximate surface area is 223 Å². The average molecular weight is 536 g/mol. The third kappa shape index (κ3) is 21.6. The number of hydrogen-bond donors (Lipinski definition) is 1. The molecule has 1 aliphatic heterocycles. The summed E-state index contributed by atoms with van der Waals surface area (Å²) in [6.07, 6.45) is -0.830. The molecule has 0 bridgehead atoms. The quantitative estimate of drug-likeness (QED) is 0.305. The zero-order chi connectivity index (χ0) is 29.1. The van der Waals surface area contributed by atoms with E-state index in [1.807, 2.05) is 20.8 Å². The van der Waals surface area contributed by atoms with Gasteiger partial charge in [-0.1, -0.05) is 28.2 Å². The smallest absolute Gasteiger partial charge is 0.311 e. The van der Waals surface area contributed by atoms with E-state index in [-0.39, 0.29) is 32.7 Å². The molecule has 10 nitrogen and oxygen atoms in total. The molecule has 0 saturated carbocycles. The Kier molecular flexibility index (Phi) is 16.9. The van der Waals surface area contributed by atoms with Crippen LogP contribution in [-0.4, -0.2) is 67.6 Å². The van der Waals surface area contributed by atoms with Gasteiger partial charge in [-0.25, -0.2) is 0 Å². The molecule has 0 aromatic carbocycles. The van der Waals surface area contributed by atoms with E-state index in [2.05, 4.69) is 0 Å². The van der Waals surface area contributed by atoms with Gasteiger partial charge in [-0.15, -0.1) is 0 Å². The van der Waals surface area contributed by atoms with Gasteiger partial charge >= 0.3 is 17.9 Å². The Morgan fingerprint density at radius 3 is 1.22 bits per heavy atom. The number of hydrogen-bond acceptors (Lipinski definition) is 10. The summed E-state index contributed by atoms with van der Waals surface area (Å²) < 4.78 is 19.7. The van der Waals surface area contributed by atoms with Crippen LogP contribution in [-0.2, 0) is 38.1 Å². The molecule has 0 spiro atoms. The summed E-state index contributed by atoms with van der Waals surface area (Å²) in [5.41, 5.74) is -2.31. The number of carbonyl (C=O) groups is 4. The third-order valence-corrected chi connectivity index (χ3v) is 4.07. The fraction of sp³-hybridized carbons (Fsp3) is 0.852. The fourth-order valence-electron chi connectivity index (χ4n) is 1.37.